The Morgan fingerprint density at radius 2 is 2.22 bits per heavy atom. The van der Waals surface area contributed by atoms with Gasteiger partial charge >= 0.3 is 0 Å². The molecule has 0 radical (unpaired) electrons. The molecule has 0 spiro atoms. The van der Waals surface area contributed by atoms with E-state index in [1.807, 2.05) is 43.3 Å². The van der Waals surface area contributed by atoms with E-state index in [0.29, 0.717) is 11.4 Å². The molecule has 0 fully saturated rings. The van der Waals surface area contributed by atoms with Crippen LogP contribution in [0, 0.1) is 12.3 Å². The highest BCUT2D eigenvalue weighted by Gasteiger charge is 2.05. The van der Waals surface area contributed by atoms with Crippen LogP contribution < -0.4 is 5.73 Å². The van der Waals surface area contributed by atoms with Crippen LogP contribution in [0.25, 0.3) is 5.70 Å². The Balaban J connectivity index is 2.20. The lowest BCUT2D eigenvalue weighted by Crippen LogP contribution is -2.05. The fourth-order valence-electron chi connectivity index (χ4n) is 1.98. The van der Waals surface area contributed by atoms with Gasteiger partial charge in [-0.2, -0.15) is 0 Å². The van der Waals surface area contributed by atoms with Gasteiger partial charge < -0.3 is 11.1 Å². The van der Waals surface area contributed by atoms with Gasteiger partial charge in [0.05, 0.1) is 5.71 Å². The Kier molecular flexibility index (Phi) is 3.78. The van der Waals surface area contributed by atoms with Crippen molar-refractivity contribution in [2.75, 3.05) is 0 Å². The molecule has 1 aromatic rings. The standard InChI is InChI=1S/C16H18N2/c1-12-6-5-9-14(10-12)16(18)11-15(17)13-7-3-2-4-8-13/h2-3,5-7,9-11,17H,4,8,18H2,1H3/b16-11-,17-15?. The van der Waals surface area contributed by atoms with Gasteiger partial charge in [0.25, 0.3) is 0 Å². The lowest BCUT2D eigenvalue weighted by molar-refractivity contribution is 1.00. The number of rotatable bonds is 3. The second-order valence-corrected chi connectivity index (χ2v) is 4.54. The Morgan fingerprint density at radius 1 is 1.39 bits per heavy atom. The van der Waals surface area contributed by atoms with Crippen molar-refractivity contribution in [3.63, 3.8) is 0 Å². The number of benzene rings is 1. The highest BCUT2D eigenvalue weighted by Crippen LogP contribution is 2.16. The molecule has 1 aliphatic carbocycles. The van der Waals surface area contributed by atoms with Crippen molar-refractivity contribution >= 4 is 11.4 Å². The van der Waals surface area contributed by atoms with Crippen molar-refractivity contribution in [2.24, 2.45) is 5.73 Å². The van der Waals surface area contributed by atoms with Crippen LogP contribution in [0.3, 0.4) is 0 Å². The first-order valence-electron chi connectivity index (χ1n) is 6.15. The van der Waals surface area contributed by atoms with Gasteiger partial charge in [-0.05, 0) is 43.0 Å². The van der Waals surface area contributed by atoms with E-state index in [4.69, 9.17) is 11.1 Å². The minimum absolute atomic E-state index is 0.512. The predicted octanol–water partition coefficient (Wildman–Crippen LogP) is 3.59. The molecule has 0 bridgehead atoms. The summed E-state index contributed by atoms with van der Waals surface area (Å²) in [5, 5.41) is 8.06. The van der Waals surface area contributed by atoms with Crippen LogP contribution in [0.2, 0.25) is 0 Å². The minimum Gasteiger partial charge on any atom is -0.398 e. The maximum Gasteiger partial charge on any atom is 0.0592 e. The molecular formula is C16H18N2. The van der Waals surface area contributed by atoms with E-state index in [0.717, 1.165) is 24.0 Å². The monoisotopic (exact) mass is 238 g/mol. The van der Waals surface area contributed by atoms with Gasteiger partial charge in [-0.3, -0.25) is 0 Å². The molecule has 0 heterocycles. The molecule has 3 N–H and O–H groups in total. The van der Waals surface area contributed by atoms with Gasteiger partial charge in [-0.15, -0.1) is 0 Å². The lowest BCUT2D eigenvalue weighted by Gasteiger charge is -2.09. The predicted molar refractivity (Wildman–Crippen MR) is 77.5 cm³/mol. The third-order valence-corrected chi connectivity index (χ3v) is 3.01. The normalized spacial score (nSPS) is 15.4. The minimum atomic E-state index is 0.512. The summed E-state index contributed by atoms with van der Waals surface area (Å²) in [7, 11) is 0. The van der Waals surface area contributed by atoms with E-state index in [2.05, 4.69) is 6.08 Å². The number of hydrogen-bond donors (Lipinski definition) is 2. The number of aryl methyl sites for hydroxylation is 1. The largest absolute Gasteiger partial charge is 0.398 e. The van der Waals surface area contributed by atoms with Crippen LogP contribution in [0.4, 0.5) is 0 Å². The van der Waals surface area contributed by atoms with Gasteiger partial charge in [0.2, 0.25) is 0 Å². The van der Waals surface area contributed by atoms with Crippen LogP contribution in [-0.2, 0) is 0 Å². The summed E-state index contributed by atoms with van der Waals surface area (Å²) >= 11 is 0. The molecule has 0 aliphatic heterocycles. The maximum atomic E-state index is 8.06. The maximum absolute atomic E-state index is 8.06. The molecule has 2 heteroatoms. The topological polar surface area (TPSA) is 49.9 Å². The SMILES string of the molecule is Cc1cccc(/C(N)=C/C(=N)C2=CC=CCC2)c1. The molecule has 1 aromatic carbocycles. The Hall–Kier alpha value is -2.09. The fraction of sp³-hybridized carbons (Fsp3) is 0.188. The first-order valence-corrected chi connectivity index (χ1v) is 6.15. The van der Waals surface area contributed by atoms with E-state index < -0.39 is 0 Å². The average Bonchev–Trinajstić information content (AvgIpc) is 2.39. The Labute approximate surface area is 108 Å². The van der Waals surface area contributed by atoms with Gasteiger partial charge in [0, 0.05) is 5.70 Å². The van der Waals surface area contributed by atoms with Gasteiger partial charge in [-0.1, -0.05) is 42.0 Å². The molecular weight excluding hydrogens is 220 g/mol. The van der Waals surface area contributed by atoms with E-state index >= 15 is 0 Å². The van der Waals surface area contributed by atoms with E-state index in [-0.39, 0.29) is 0 Å². The van der Waals surface area contributed by atoms with E-state index in [9.17, 15) is 0 Å². The van der Waals surface area contributed by atoms with Gasteiger partial charge in [-0.25, -0.2) is 0 Å². The molecule has 0 atom stereocenters. The fourth-order valence-corrected chi connectivity index (χ4v) is 1.98. The van der Waals surface area contributed by atoms with Crippen molar-refractivity contribution < 1.29 is 0 Å². The van der Waals surface area contributed by atoms with Crippen LogP contribution in [0.5, 0.6) is 0 Å². The molecule has 1 aliphatic rings. The summed E-state index contributed by atoms with van der Waals surface area (Å²) in [6.07, 6.45) is 9.79. The summed E-state index contributed by atoms with van der Waals surface area (Å²) in [6, 6.07) is 8.03. The first kappa shape index (κ1) is 12.4. The molecule has 0 saturated carbocycles. The second kappa shape index (κ2) is 5.50. The molecule has 2 nitrogen and oxygen atoms in total. The van der Waals surface area contributed by atoms with Gasteiger partial charge in [0.1, 0.15) is 0 Å². The third-order valence-electron chi connectivity index (χ3n) is 3.01. The zero-order valence-electron chi connectivity index (χ0n) is 10.6. The molecule has 2 rings (SSSR count). The smallest absolute Gasteiger partial charge is 0.0592 e. The van der Waals surface area contributed by atoms with Crippen molar-refractivity contribution in [3.8, 4) is 0 Å². The summed E-state index contributed by atoms with van der Waals surface area (Å²) in [4.78, 5) is 0. The van der Waals surface area contributed by atoms with Crippen LogP contribution in [0.15, 0.2) is 54.1 Å². The number of allylic oxidation sites excluding steroid dienone is 5. The average molecular weight is 238 g/mol. The lowest BCUT2D eigenvalue weighted by atomic mass is 9.99. The summed E-state index contributed by atoms with van der Waals surface area (Å²) < 4.78 is 0. The molecule has 0 aromatic heterocycles. The molecule has 0 saturated heterocycles. The number of nitrogens with two attached hydrogens (primary N) is 1. The summed E-state index contributed by atoms with van der Waals surface area (Å²) in [5.74, 6) is 0. The summed E-state index contributed by atoms with van der Waals surface area (Å²) in [5.41, 5.74) is 10.4. The third kappa shape index (κ3) is 2.98. The van der Waals surface area contributed by atoms with Gasteiger partial charge in [0.15, 0.2) is 0 Å². The van der Waals surface area contributed by atoms with E-state index in [1.54, 1.807) is 6.08 Å². The molecule has 18 heavy (non-hydrogen) atoms. The molecule has 0 amide bonds. The molecule has 92 valence electrons. The Bertz CT molecular complexity index is 548. The van der Waals surface area contributed by atoms with Crippen molar-refractivity contribution in [2.45, 2.75) is 19.8 Å². The Morgan fingerprint density at radius 3 is 2.89 bits per heavy atom. The van der Waals surface area contributed by atoms with Crippen LogP contribution >= 0.6 is 0 Å². The first-order chi connectivity index (χ1) is 8.66. The van der Waals surface area contributed by atoms with Crippen LogP contribution in [0.1, 0.15) is 24.0 Å². The highest BCUT2D eigenvalue weighted by atomic mass is 14.6. The van der Waals surface area contributed by atoms with Crippen LogP contribution in [-0.4, -0.2) is 5.71 Å². The quantitative estimate of drug-likeness (QED) is 0.777. The second-order valence-electron chi connectivity index (χ2n) is 4.54. The zero-order valence-corrected chi connectivity index (χ0v) is 10.6. The van der Waals surface area contributed by atoms with Crippen molar-refractivity contribution in [1.29, 1.82) is 5.41 Å². The number of nitrogens with one attached hydrogen (secondary N) is 1. The summed E-state index contributed by atoms with van der Waals surface area (Å²) in [6.45, 7) is 2.04. The molecule has 0 unspecified atom stereocenters. The van der Waals surface area contributed by atoms with Crippen molar-refractivity contribution in [3.05, 3.63) is 65.3 Å². The highest BCUT2D eigenvalue weighted by molar-refractivity contribution is 6.10. The van der Waals surface area contributed by atoms with E-state index in [1.165, 1.54) is 5.56 Å². The van der Waals surface area contributed by atoms with Crippen molar-refractivity contribution in [1.82, 2.24) is 0 Å². The number of hydrogen-bond acceptors (Lipinski definition) is 2. The zero-order chi connectivity index (χ0) is 13.0.